The Morgan fingerprint density at radius 1 is 1.00 bits per heavy atom. The molecule has 124 valence electrons. The monoisotopic (exact) mass is 341 g/mol. The number of anilines is 1. The molecule has 3 aromatic carbocycles. The van der Waals surface area contributed by atoms with Crippen molar-refractivity contribution in [1.29, 1.82) is 0 Å². The molecule has 0 atom stereocenters. The molecule has 4 heteroatoms. The number of nitrogens with one attached hydrogen (secondary N) is 1. The average molecular weight is 342 g/mol. The van der Waals surface area contributed by atoms with Crippen LogP contribution in [0.3, 0.4) is 0 Å². The van der Waals surface area contributed by atoms with Crippen molar-refractivity contribution in [2.45, 2.75) is 13.5 Å². The number of rotatable bonds is 6. The molecule has 0 radical (unpaired) electrons. The summed E-state index contributed by atoms with van der Waals surface area (Å²) in [6.07, 6.45) is 0. The fraction of sp³-hybridized carbons (Fsp3) is 0.200. The number of hydrogen-bond acceptors (Lipinski definition) is 3. The summed E-state index contributed by atoms with van der Waals surface area (Å²) in [5.41, 5.74) is 2.04. The van der Waals surface area contributed by atoms with E-state index in [0.29, 0.717) is 29.7 Å². The summed E-state index contributed by atoms with van der Waals surface area (Å²) in [6.45, 7) is 3.11. The van der Waals surface area contributed by atoms with E-state index in [9.17, 15) is 0 Å². The average Bonchev–Trinajstić information content (AvgIpc) is 2.61. The lowest BCUT2D eigenvalue weighted by atomic mass is 10.1. The maximum atomic E-state index is 6.40. The van der Waals surface area contributed by atoms with Gasteiger partial charge in [0.25, 0.3) is 0 Å². The van der Waals surface area contributed by atoms with Gasteiger partial charge in [-0.2, -0.15) is 0 Å². The zero-order chi connectivity index (χ0) is 16.9. The van der Waals surface area contributed by atoms with E-state index in [-0.39, 0.29) is 0 Å². The van der Waals surface area contributed by atoms with Crippen LogP contribution < -0.4 is 14.8 Å². The summed E-state index contributed by atoms with van der Waals surface area (Å²) in [6, 6.07) is 18.3. The van der Waals surface area contributed by atoms with E-state index in [2.05, 4.69) is 29.6 Å². The Hall–Kier alpha value is -2.39. The fourth-order valence-electron chi connectivity index (χ4n) is 2.71. The molecule has 0 aromatic heterocycles. The molecular weight excluding hydrogens is 322 g/mol. The fourth-order valence-corrected chi connectivity index (χ4v) is 2.93. The normalized spacial score (nSPS) is 10.6. The second-order valence-corrected chi connectivity index (χ2v) is 5.81. The lowest BCUT2D eigenvalue weighted by Crippen LogP contribution is -2.03. The summed E-state index contributed by atoms with van der Waals surface area (Å²) >= 11 is 6.40. The number of methoxy groups -OCH3 is 1. The highest BCUT2D eigenvalue weighted by molar-refractivity contribution is 6.31. The van der Waals surface area contributed by atoms with E-state index >= 15 is 0 Å². The molecule has 0 bridgehead atoms. The van der Waals surface area contributed by atoms with Gasteiger partial charge in [-0.25, -0.2) is 0 Å². The Bertz CT molecular complexity index is 843. The maximum Gasteiger partial charge on any atom is 0.162 e. The zero-order valence-electron chi connectivity index (χ0n) is 13.8. The second-order valence-electron chi connectivity index (χ2n) is 5.41. The van der Waals surface area contributed by atoms with Gasteiger partial charge in [0.15, 0.2) is 11.5 Å². The number of ether oxygens (including phenoxy) is 2. The predicted octanol–water partition coefficient (Wildman–Crippen LogP) is 5.51. The Labute approximate surface area is 147 Å². The van der Waals surface area contributed by atoms with E-state index < -0.39 is 0 Å². The van der Waals surface area contributed by atoms with Crippen molar-refractivity contribution in [3.63, 3.8) is 0 Å². The predicted molar refractivity (Wildman–Crippen MR) is 100 cm³/mol. The molecule has 0 unspecified atom stereocenters. The van der Waals surface area contributed by atoms with Gasteiger partial charge in [0.2, 0.25) is 0 Å². The van der Waals surface area contributed by atoms with Gasteiger partial charge >= 0.3 is 0 Å². The number of hydrogen-bond donors (Lipinski definition) is 1. The molecule has 0 aliphatic heterocycles. The maximum absolute atomic E-state index is 6.40. The highest BCUT2D eigenvalue weighted by atomic mass is 35.5. The van der Waals surface area contributed by atoms with Gasteiger partial charge in [0.1, 0.15) is 0 Å². The lowest BCUT2D eigenvalue weighted by molar-refractivity contribution is 0.311. The summed E-state index contributed by atoms with van der Waals surface area (Å²) in [5, 5.41) is 6.52. The molecule has 1 N–H and O–H groups in total. The molecule has 0 fully saturated rings. The van der Waals surface area contributed by atoms with Crippen LogP contribution in [-0.4, -0.2) is 13.7 Å². The van der Waals surface area contributed by atoms with Crippen LogP contribution in [0.15, 0.2) is 54.6 Å². The highest BCUT2D eigenvalue weighted by Crippen LogP contribution is 2.34. The van der Waals surface area contributed by atoms with E-state index in [0.717, 1.165) is 11.3 Å². The Balaban J connectivity index is 1.86. The van der Waals surface area contributed by atoms with Crippen molar-refractivity contribution >= 4 is 28.1 Å². The van der Waals surface area contributed by atoms with Crippen LogP contribution in [0.2, 0.25) is 5.02 Å². The second kappa shape index (κ2) is 7.45. The molecule has 24 heavy (non-hydrogen) atoms. The molecule has 3 aromatic rings. The van der Waals surface area contributed by atoms with Crippen LogP contribution >= 0.6 is 11.6 Å². The van der Waals surface area contributed by atoms with Gasteiger partial charge in [-0.3, -0.25) is 0 Å². The topological polar surface area (TPSA) is 30.5 Å². The molecule has 3 nitrogen and oxygen atoms in total. The van der Waals surface area contributed by atoms with E-state index in [1.54, 1.807) is 7.11 Å². The molecular formula is C20H20ClNO2. The molecule has 0 saturated heterocycles. The van der Waals surface area contributed by atoms with Gasteiger partial charge in [0.05, 0.1) is 13.7 Å². The first-order chi connectivity index (χ1) is 11.7. The van der Waals surface area contributed by atoms with Crippen molar-refractivity contribution in [1.82, 2.24) is 0 Å². The quantitative estimate of drug-likeness (QED) is 0.641. The van der Waals surface area contributed by atoms with Gasteiger partial charge in [-0.1, -0.05) is 48.0 Å². The standard InChI is InChI=1S/C20H20ClNO2/c1-3-24-20-12-17(21)15(11-19(20)23-2)13-22-18-10-6-8-14-7-4-5-9-16(14)18/h4-12,22H,3,13H2,1-2H3. The SMILES string of the molecule is CCOc1cc(Cl)c(CNc2cccc3ccccc23)cc1OC. The lowest BCUT2D eigenvalue weighted by Gasteiger charge is -2.14. The first-order valence-corrected chi connectivity index (χ1v) is 8.31. The van der Waals surface area contributed by atoms with E-state index in [1.807, 2.05) is 37.3 Å². The summed E-state index contributed by atoms with van der Waals surface area (Å²) in [4.78, 5) is 0. The van der Waals surface area contributed by atoms with Crippen LogP contribution in [0.25, 0.3) is 10.8 Å². The first kappa shape index (κ1) is 16.5. The van der Waals surface area contributed by atoms with Crippen LogP contribution in [-0.2, 0) is 6.54 Å². The van der Waals surface area contributed by atoms with Crippen molar-refractivity contribution in [3.05, 3.63) is 65.2 Å². The van der Waals surface area contributed by atoms with Crippen molar-refractivity contribution < 1.29 is 9.47 Å². The zero-order valence-corrected chi connectivity index (χ0v) is 14.6. The minimum absolute atomic E-state index is 0.570. The van der Waals surface area contributed by atoms with Crippen molar-refractivity contribution in [3.8, 4) is 11.5 Å². The minimum atomic E-state index is 0.570. The minimum Gasteiger partial charge on any atom is -0.493 e. The number of benzene rings is 3. The number of halogens is 1. The Morgan fingerprint density at radius 2 is 1.79 bits per heavy atom. The molecule has 0 saturated carbocycles. The van der Waals surface area contributed by atoms with Gasteiger partial charge < -0.3 is 14.8 Å². The third kappa shape index (κ3) is 3.41. The third-order valence-corrected chi connectivity index (χ3v) is 4.24. The summed E-state index contributed by atoms with van der Waals surface area (Å²) in [5.74, 6) is 1.36. The largest absolute Gasteiger partial charge is 0.493 e. The van der Waals surface area contributed by atoms with Crippen LogP contribution in [0.1, 0.15) is 12.5 Å². The molecule has 0 aliphatic rings. The first-order valence-electron chi connectivity index (χ1n) is 7.93. The molecule has 0 aliphatic carbocycles. The molecule has 0 amide bonds. The number of fused-ring (bicyclic) bond motifs is 1. The van der Waals surface area contributed by atoms with Crippen LogP contribution in [0.4, 0.5) is 5.69 Å². The van der Waals surface area contributed by atoms with E-state index in [4.69, 9.17) is 21.1 Å². The third-order valence-electron chi connectivity index (χ3n) is 3.89. The molecule has 0 heterocycles. The van der Waals surface area contributed by atoms with Gasteiger partial charge in [-0.05, 0) is 30.0 Å². The Kier molecular flexibility index (Phi) is 5.11. The van der Waals surface area contributed by atoms with Gasteiger partial charge in [0, 0.05) is 28.7 Å². The van der Waals surface area contributed by atoms with Crippen molar-refractivity contribution in [2.24, 2.45) is 0 Å². The van der Waals surface area contributed by atoms with E-state index in [1.165, 1.54) is 10.8 Å². The van der Waals surface area contributed by atoms with Crippen LogP contribution in [0.5, 0.6) is 11.5 Å². The molecule has 3 rings (SSSR count). The summed E-state index contributed by atoms with van der Waals surface area (Å²) in [7, 11) is 1.63. The highest BCUT2D eigenvalue weighted by Gasteiger charge is 2.10. The Morgan fingerprint density at radius 3 is 2.58 bits per heavy atom. The van der Waals surface area contributed by atoms with Gasteiger partial charge in [-0.15, -0.1) is 0 Å². The summed E-state index contributed by atoms with van der Waals surface area (Å²) < 4.78 is 11.0. The molecule has 0 spiro atoms. The smallest absolute Gasteiger partial charge is 0.162 e. The van der Waals surface area contributed by atoms with Crippen molar-refractivity contribution in [2.75, 3.05) is 19.0 Å². The van der Waals surface area contributed by atoms with Crippen LogP contribution in [0, 0.1) is 0 Å².